The minimum Gasteiger partial charge on any atom is -0.508 e. The molecule has 2 heterocycles. The molecule has 0 spiro atoms. The summed E-state index contributed by atoms with van der Waals surface area (Å²) in [6.45, 7) is 15.3. The molecule has 2 aliphatic heterocycles. The summed E-state index contributed by atoms with van der Waals surface area (Å²) in [5.74, 6) is -4.09. The smallest absolute Gasteiger partial charge is 0.335 e. The van der Waals surface area contributed by atoms with Gasteiger partial charge in [-0.3, -0.25) is 4.79 Å². The van der Waals surface area contributed by atoms with E-state index in [1.54, 1.807) is 6.92 Å². The van der Waals surface area contributed by atoms with Crippen LogP contribution in [0.25, 0.3) is 0 Å². The molecule has 0 radical (unpaired) electrons. The molecule has 4 fully saturated rings. The molecular weight excluding hydrogens is 628 g/mol. The lowest BCUT2D eigenvalue weighted by Gasteiger charge is -2.42. The van der Waals surface area contributed by atoms with Crippen molar-refractivity contribution < 1.29 is 63.6 Å². The van der Waals surface area contributed by atoms with Crippen molar-refractivity contribution in [2.75, 3.05) is 6.61 Å². The van der Waals surface area contributed by atoms with Gasteiger partial charge in [0.2, 0.25) is 0 Å². The van der Waals surface area contributed by atoms with Crippen LogP contribution in [0.5, 0.6) is 5.75 Å². The second-order valence-electron chi connectivity index (χ2n) is 13.2. The Morgan fingerprint density at radius 1 is 1.06 bits per heavy atom. The minimum atomic E-state index is -1.68. The number of phenolic OH excluding ortho intramolecular Hbond substituents is 1. The van der Waals surface area contributed by atoms with Crippen molar-refractivity contribution in [2.24, 2.45) is 23.7 Å². The number of ether oxygens (including phenoxy) is 5. The topological polar surface area (TPSA) is 199 Å². The normalized spacial score (nSPS) is 36.0. The number of rotatable bonds is 10. The first kappa shape index (κ1) is 35.7. The molecular formula is C35H44O13. The lowest BCUT2D eigenvalue weighted by Crippen LogP contribution is -2.61. The van der Waals surface area contributed by atoms with Gasteiger partial charge in [0, 0.05) is 17.9 Å². The van der Waals surface area contributed by atoms with E-state index < -0.39 is 91.5 Å². The Labute approximate surface area is 278 Å². The van der Waals surface area contributed by atoms with Crippen LogP contribution in [-0.2, 0) is 44.5 Å². The highest BCUT2D eigenvalue weighted by molar-refractivity contribution is 5.91. The van der Waals surface area contributed by atoms with Gasteiger partial charge in [-0.1, -0.05) is 57.7 Å². The molecule has 1 aromatic carbocycles. The Morgan fingerprint density at radius 3 is 2.40 bits per heavy atom. The quantitative estimate of drug-likeness (QED) is 0.103. The number of carbonyl (C=O) groups excluding carboxylic acids is 3. The zero-order valence-electron chi connectivity index (χ0n) is 27.0. The number of aromatic hydroxyl groups is 1. The molecule has 1 aromatic rings. The third kappa shape index (κ3) is 6.93. The summed E-state index contributed by atoms with van der Waals surface area (Å²) < 4.78 is 28.9. The van der Waals surface area contributed by atoms with E-state index >= 15 is 0 Å². The second kappa shape index (κ2) is 14.5. The summed E-state index contributed by atoms with van der Waals surface area (Å²) in [5.41, 5.74) is 1.85. The Hall–Kier alpha value is -3.59. The van der Waals surface area contributed by atoms with Gasteiger partial charge >= 0.3 is 17.9 Å². The van der Waals surface area contributed by atoms with Crippen LogP contribution in [0.3, 0.4) is 0 Å². The number of phenols is 1. The van der Waals surface area contributed by atoms with Crippen LogP contribution in [0.15, 0.2) is 60.7 Å². The molecule has 4 aliphatic rings. The Balaban J connectivity index is 1.28. The molecule has 2 aliphatic carbocycles. The fourth-order valence-corrected chi connectivity index (χ4v) is 7.12. The Bertz CT molecular complexity index is 1420. The highest BCUT2D eigenvalue weighted by atomic mass is 16.7. The average Bonchev–Trinajstić information content (AvgIpc) is 3.50. The van der Waals surface area contributed by atoms with E-state index in [0.29, 0.717) is 23.1 Å². The van der Waals surface area contributed by atoms with E-state index in [4.69, 9.17) is 23.7 Å². The standard InChI is InChI=1S/C35H44O13/c1-6-15(2)28(39)34(43)44-23-11-16(3)21-13-22(17(4)26(21)32-27(23)18(5)33(42)48-32)45-35-30(41)29(40)31(24(14-36)46-35)47-25(38)12-19-7-9-20(37)10-8-19/h7-10,15,21-24,26-32,35-37,39-41H,3-6,11-14H2,1-2H3/t15-,21-,22-,23+,24+,26-,27+,28+,29+,30+,31+,32+,35+/m0/s1. The van der Waals surface area contributed by atoms with E-state index in [9.17, 15) is 39.9 Å². The molecule has 0 aromatic heterocycles. The maximum Gasteiger partial charge on any atom is 0.335 e. The van der Waals surface area contributed by atoms with E-state index in [-0.39, 0.29) is 42.4 Å². The number of carbonyl (C=O) groups is 3. The highest BCUT2D eigenvalue weighted by Gasteiger charge is 2.58. The van der Waals surface area contributed by atoms with Crippen molar-refractivity contribution in [1.29, 1.82) is 0 Å². The van der Waals surface area contributed by atoms with Crippen molar-refractivity contribution in [3.63, 3.8) is 0 Å². The van der Waals surface area contributed by atoms with Crippen LogP contribution in [-0.4, -0.2) is 105 Å². The SMILES string of the molecule is C=C1C(=O)O[C@@H]2[C@H]3C(=C)[C@@H](O[C@@H]4O[C@H](CO)[C@@H](OC(=O)Cc5ccc(O)cc5)[C@H](O)[C@H]4O)C[C@H]3C(=C)C[C@@H](OC(=O)[C@H](O)[C@@H](C)CC)[C@@H]12. The lowest BCUT2D eigenvalue weighted by atomic mass is 9.81. The van der Waals surface area contributed by atoms with Crippen molar-refractivity contribution in [1.82, 2.24) is 0 Å². The Kier molecular flexibility index (Phi) is 10.8. The van der Waals surface area contributed by atoms with Crippen LogP contribution in [0, 0.1) is 23.7 Å². The molecule has 13 atom stereocenters. The van der Waals surface area contributed by atoms with Gasteiger partial charge in [0.25, 0.3) is 0 Å². The number of fused-ring (bicyclic) bond motifs is 3. The molecule has 5 rings (SSSR count). The fourth-order valence-electron chi connectivity index (χ4n) is 7.12. The second-order valence-corrected chi connectivity index (χ2v) is 13.2. The fraction of sp³-hybridized carbons (Fsp3) is 0.571. The van der Waals surface area contributed by atoms with Crippen LogP contribution < -0.4 is 0 Å². The van der Waals surface area contributed by atoms with E-state index in [1.165, 1.54) is 24.3 Å². The van der Waals surface area contributed by atoms with Crippen molar-refractivity contribution in [2.45, 2.75) is 94.7 Å². The minimum absolute atomic E-state index is 0.0271. The number of aliphatic hydroxyl groups excluding tert-OH is 4. The van der Waals surface area contributed by atoms with Crippen molar-refractivity contribution in [3.8, 4) is 5.75 Å². The van der Waals surface area contributed by atoms with E-state index in [1.807, 2.05) is 6.92 Å². The third-order valence-corrected chi connectivity index (χ3v) is 10.1. The monoisotopic (exact) mass is 672 g/mol. The summed E-state index contributed by atoms with van der Waals surface area (Å²) in [5, 5.41) is 51.9. The highest BCUT2D eigenvalue weighted by Crippen LogP contribution is 2.53. The predicted octanol–water partition coefficient (Wildman–Crippen LogP) is 1.24. The molecule has 2 saturated carbocycles. The molecule has 0 amide bonds. The molecule has 48 heavy (non-hydrogen) atoms. The van der Waals surface area contributed by atoms with Crippen LogP contribution >= 0.6 is 0 Å². The van der Waals surface area contributed by atoms with Gasteiger partial charge < -0.3 is 49.2 Å². The molecule has 13 heteroatoms. The maximum atomic E-state index is 12.9. The first-order valence-corrected chi connectivity index (χ1v) is 16.2. The largest absolute Gasteiger partial charge is 0.508 e. The number of benzene rings is 1. The van der Waals surface area contributed by atoms with Gasteiger partial charge in [-0.05, 0) is 41.5 Å². The predicted molar refractivity (Wildman–Crippen MR) is 167 cm³/mol. The first-order valence-electron chi connectivity index (χ1n) is 16.2. The van der Waals surface area contributed by atoms with Gasteiger partial charge in [0.1, 0.15) is 36.3 Å². The molecule has 0 bridgehead atoms. The average molecular weight is 673 g/mol. The Morgan fingerprint density at radius 2 is 1.75 bits per heavy atom. The van der Waals surface area contributed by atoms with Gasteiger partial charge in [-0.2, -0.15) is 0 Å². The zero-order chi connectivity index (χ0) is 35.0. The number of hydrogen-bond donors (Lipinski definition) is 5. The van der Waals surface area contributed by atoms with Gasteiger partial charge in [-0.15, -0.1) is 0 Å². The zero-order valence-corrected chi connectivity index (χ0v) is 27.0. The first-order chi connectivity index (χ1) is 22.7. The van der Waals surface area contributed by atoms with Gasteiger partial charge in [0.05, 0.1) is 25.0 Å². The lowest BCUT2D eigenvalue weighted by molar-refractivity contribution is -0.310. The maximum absolute atomic E-state index is 12.9. The number of aliphatic hydroxyl groups is 4. The summed E-state index contributed by atoms with van der Waals surface area (Å²) in [6.07, 6.45) is -10.4. The summed E-state index contributed by atoms with van der Waals surface area (Å²) >= 11 is 0. The van der Waals surface area contributed by atoms with Gasteiger partial charge in [0.15, 0.2) is 18.5 Å². The van der Waals surface area contributed by atoms with Crippen molar-refractivity contribution in [3.05, 3.63) is 66.3 Å². The molecule has 262 valence electrons. The third-order valence-electron chi connectivity index (χ3n) is 10.1. The summed E-state index contributed by atoms with van der Waals surface area (Å²) in [7, 11) is 0. The molecule has 0 unspecified atom stereocenters. The molecule has 13 nitrogen and oxygen atoms in total. The number of hydrogen-bond acceptors (Lipinski definition) is 13. The molecule has 5 N–H and O–H groups in total. The van der Waals surface area contributed by atoms with E-state index in [0.717, 1.165) is 0 Å². The number of esters is 3. The van der Waals surface area contributed by atoms with Crippen LogP contribution in [0.4, 0.5) is 0 Å². The van der Waals surface area contributed by atoms with Crippen LogP contribution in [0.2, 0.25) is 0 Å². The summed E-state index contributed by atoms with van der Waals surface area (Å²) in [6, 6.07) is 5.89. The van der Waals surface area contributed by atoms with E-state index in [2.05, 4.69) is 19.7 Å². The van der Waals surface area contributed by atoms with Crippen LogP contribution in [0.1, 0.15) is 38.7 Å². The summed E-state index contributed by atoms with van der Waals surface area (Å²) in [4.78, 5) is 38.3. The molecule has 2 saturated heterocycles. The van der Waals surface area contributed by atoms with Crippen molar-refractivity contribution >= 4 is 17.9 Å². The van der Waals surface area contributed by atoms with Gasteiger partial charge in [-0.25, -0.2) is 9.59 Å².